The van der Waals surface area contributed by atoms with Crippen LogP contribution in [0.25, 0.3) is 5.69 Å². The molecule has 0 fully saturated rings. The van der Waals surface area contributed by atoms with Gasteiger partial charge in [-0.25, -0.2) is 19.9 Å². The first-order valence-corrected chi connectivity index (χ1v) is 11.8. The van der Waals surface area contributed by atoms with Crippen LogP contribution < -0.4 is 10.2 Å². The number of anilines is 4. The van der Waals surface area contributed by atoms with Gasteiger partial charge in [-0.2, -0.15) is 13.2 Å². The number of aromatic nitrogens is 5. The fourth-order valence-electron chi connectivity index (χ4n) is 3.65. The molecule has 5 aromatic rings. The summed E-state index contributed by atoms with van der Waals surface area (Å²) in [6, 6.07) is 11.6. The number of benzene rings is 2. The van der Waals surface area contributed by atoms with E-state index >= 15 is 0 Å². The van der Waals surface area contributed by atoms with Gasteiger partial charge in [0.25, 0.3) is 5.91 Å². The molecule has 12 heteroatoms. The molecule has 0 saturated heterocycles. The van der Waals surface area contributed by atoms with E-state index < -0.39 is 17.6 Å². The second-order valence-electron chi connectivity index (χ2n) is 7.81. The van der Waals surface area contributed by atoms with E-state index in [4.69, 9.17) is 0 Å². The summed E-state index contributed by atoms with van der Waals surface area (Å²) in [5.41, 5.74) is 0.279. The number of halogens is 3. The minimum absolute atomic E-state index is 0.00843. The minimum atomic E-state index is -4.59. The summed E-state index contributed by atoms with van der Waals surface area (Å²) in [5, 5.41) is 5.03. The fourth-order valence-corrected chi connectivity index (χ4v) is 4.30. The summed E-state index contributed by atoms with van der Waals surface area (Å²) in [4.78, 5) is 31.7. The number of hydrogen-bond acceptors (Lipinski definition) is 7. The van der Waals surface area contributed by atoms with Crippen molar-refractivity contribution in [1.82, 2.24) is 24.5 Å². The molecule has 1 amide bonds. The van der Waals surface area contributed by atoms with E-state index in [0.717, 1.165) is 12.1 Å². The Hall–Kier alpha value is -4.58. The number of rotatable bonds is 6. The van der Waals surface area contributed by atoms with Crippen molar-refractivity contribution < 1.29 is 18.0 Å². The second kappa shape index (κ2) is 9.82. The van der Waals surface area contributed by atoms with Crippen molar-refractivity contribution in [1.29, 1.82) is 0 Å². The van der Waals surface area contributed by atoms with E-state index in [1.165, 1.54) is 28.2 Å². The lowest BCUT2D eigenvalue weighted by Gasteiger charge is -2.19. The number of carbonyl (C=O) groups excluding carboxylic acids is 1. The second-order valence-corrected chi connectivity index (χ2v) is 8.68. The lowest BCUT2D eigenvalue weighted by atomic mass is 10.1. The molecule has 0 aliphatic rings. The van der Waals surface area contributed by atoms with Crippen molar-refractivity contribution in [2.75, 3.05) is 10.2 Å². The normalized spacial score (nSPS) is 11.4. The van der Waals surface area contributed by atoms with E-state index in [-0.39, 0.29) is 16.9 Å². The van der Waals surface area contributed by atoms with Crippen molar-refractivity contribution in [3.63, 3.8) is 0 Å². The molecule has 5 rings (SSSR count). The number of thiazole rings is 1. The Kier molecular flexibility index (Phi) is 6.40. The lowest BCUT2D eigenvalue weighted by molar-refractivity contribution is -0.137. The highest BCUT2D eigenvalue weighted by molar-refractivity contribution is 7.13. The van der Waals surface area contributed by atoms with Crippen LogP contribution in [0.5, 0.6) is 0 Å². The maximum atomic E-state index is 13.6. The maximum Gasteiger partial charge on any atom is 0.416 e. The van der Waals surface area contributed by atoms with Crippen LogP contribution in [0.4, 0.5) is 35.6 Å². The molecule has 0 atom stereocenters. The highest BCUT2D eigenvalue weighted by Crippen LogP contribution is 2.35. The number of nitrogens with one attached hydrogen (secondary N) is 1. The largest absolute Gasteiger partial charge is 0.416 e. The molecule has 1 N–H and O–H groups in total. The zero-order chi connectivity index (χ0) is 26.0. The first-order valence-electron chi connectivity index (χ1n) is 10.9. The molecule has 8 nitrogen and oxygen atoms in total. The number of alkyl halides is 3. The van der Waals surface area contributed by atoms with E-state index in [1.807, 2.05) is 5.38 Å². The van der Waals surface area contributed by atoms with Gasteiger partial charge in [-0.3, -0.25) is 9.69 Å². The Morgan fingerprint density at radius 1 is 0.973 bits per heavy atom. The van der Waals surface area contributed by atoms with E-state index in [9.17, 15) is 18.0 Å². The molecule has 0 aliphatic heterocycles. The summed E-state index contributed by atoms with van der Waals surface area (Å²) >= 11 is 1.39. The van der Waals surface area contributed by atoms with Gasteiger partial charge < -0.3 is 9.88 Å². The summed E-state index contributed by atoms with van der Waals surface area (Å²) in [6.45, 7) is 1.68. The van der Waals surface area contributed by atoms with Crippen LogP contribution in [0.1, 0.15) is 21.7 Å². The molecule has 3 aromatic heterocycles. The monoisotopic (exact) mass is 521 g/mol. The summed E-state index contributed by atoms with van der Waals surface area (Å²) < 4.78 is 42.2. The van der Waals surface area contributed by atoms with Crippen molar-refractivity contribution in [2.45, 2.75) is 13.1 Å². The van der Waals surface area contributed by atoms with Gasteiger partial charge >= 0.3 is 6.18 Å². The molecule has 0 saturated carbocycles. The summed E-state index contributed by atoms with van der Waals surface area (Å²) in [6.07, 6.45) is 3.33. The Balaban J connectivity index is 1.43. The predicted octanol–water partition coefficient (Wildman–Crippen LogP) is 6.17. The zero-order valence-corrected chi connectivity index (χ0v) is 20.0. The quantitative estimate of drug-likeness (QED) is 0.288. The van der Waals surface area contributed by atoms with Gasteiger partial charge in [-0.1, -0.05) is 0 Å². The molecule has 37 heavy (non-hydrogen) atoms. The van der Waals surface area contributed by atoms with Gasteiger partial charge in [0, 0.05) is 53.3 Å². The Labute approximate surface area is 213 Å². The van der Waals surface area contributed by atoms with Crippen molar-refractivity contribution >= 4 is 39.7 Å². The molecule has 0 radical (unpaired) electrons. The average Bonchev–Trinajstić information content (AvgIpc) is 3.57. The summed E-state index contributed by atoms with van der Waals surface area (Å²) in [5.74, 6) is 0.358. The van der Waals surface area contributed by atoms with Crippen LogP contribution in [0.2, 0.25) is 0 Å². The number of nitrogens with zero attached hydrogens (tertiary/aromatic N) is 6. The molecule has 0 spiro atoms. The van der Waals surface area contributed by atoms with Crippen molar-refractivity contribution in [3.05, 3.63) is 102 Å². The molecule has 0 aliphatic carbocycles. The van der Waals surface area contributed by atoms with E-state index in [1.54, 1.807) is 66.9 Å². The first-order chi connectivity index (χ1) is 17.8. The van der Waals surface area contributed by atoms with Gasteiger partial charge in [0.15, 0.2) is 5.13 Å². The van der Waals surface area contributed by atoms with Crippen LogP contribution in [-0.2, 0) is 6.18 Å². The molecule has 186 valence electrons. The minimum Gasteiger partial charge on any atom is -0.322 e. The van der Waals surface area contributed by atoms with Crippen molar-refractivity contribution in [2.24, 2.45) is 0 Å². The summed E-state index contributed by atoms with van der Waals surface area (Å²) in [7, 11) is 0. The van der Waals surface area contributed by atoms with Crippen LogP contribution >= 0.6 is 11.3 Å². The number of amides is 1. The highest BCUT2D eigenvalue weighted by atomic mass is 32.1. The van der Waals surface area contributed by atoms with Crippen LogP contribution in [0.15, 0.2) is 84.9 Å². The standard InChI is InChI=1S/C25H18F3N7OS/c1-16-29-9-11-34(16)21-14-18(25(26,27)28)13-19(15-21)33-22(36)17-3-5-20(6-4-17)35(24-32-10-12-37-24)23-30-7-2-8-31-23/h2-15H,1H3,(H,33,36). The number of carbonyl (C=O) groups is 1. The van der Waals surface area contributed by atoms with Gasteiger partial charge in [0.05, 0.1) is 11.3 Å². The van der Waals surface area contributed by atoms with Gasteiger partial charge in [0.1, 0.15) is 5.82 Å². The third-order valence-corrected chi connectivity index (χ3v) is 6.11. The first kappa shape index (κ1) is 24.1. The predicted molar refractivity (Wildman–Crippen MR) is 134 cm³/mol. The number of imidazole rings is 1. The average molecular weight is 522 g/mol. The Morgan fingerprint density at radius 2 is 1.73 bits per heavy atom. The molecular formula is C25H18F3N7OS. The third kappa shape index (κ3) is 5.19. The van der Waals surface area contributed by atoms with Gasteiger partial charge in [-0.15, -0.1) is 11.3 Å². The molecule has 2 aromatic carbocycles. The van der Waals surface area contributed by atoms with Crippen LogP contribution in [-0.4, -0.2) is 30.4 Å². The van der Waals surface area contributed by atoms with Crippen LogP contribution in [0, 0.1) is 6.92 Å². The van der Waals surface area contributed by atoms with Gasteiger partial charge in [0.2, 0.25) is 5.95 Å². The topological polar surface area (TPSA) is 88.8 Å². The Bertz CT molecular complexity index is 1520. The van der Waals surface area contributed by atoms with E-state index in [2.05, 4.69) is 25.3 Å². The third-order valence-electron chi connectivity index (χ3n) is 5.36. The number of aryl methyl sites for hydroxylation is 1. The molecule has 0 unspecified atom stereocenters. The van der Waals surface area contributed by atoms with Gasteiger partial charge in [-0.05, 0) is 55.5 Å². The smallest absolute Gasteiger partial charge is 0.322 e. The zero-order valence-electron chi connectivity index (χ0n) is 19.2. The highest BCUT2D eigenvalue weighted by Gasteiger charge is 2.31. The fraction of sp³-hybridized carbons (Fsp3) is 0.0800. The molecule has 0 bridgehead atoms. The molecule has 3 heterocycles. The van der Waals surface area contributed by atoms with Crippen LogP contribution in [0.3, 0.4) is 0 Å². The number of hydrogen-bond donors (Lipinski definition) is 1. The van der Waals surface area contributed by atoms with E-state index in [0.29, 0.717) is 22.6 Å². The maximum absolute atomic E-state index is 13.6. The SMILES string of the molecule is Cc1nccn1-c1cc(NC(=O)c2ccc(N(c3ncccn3)c3nccs3)cc2)cc(C(F)(F)F)c1. The Morgan fingerprint density at radius 3 is 2.35 bits per heavy atom. The molecular weight excluding hydrogens is 503 g/mol. The van der Waals surface area contributed by atoms with Crippen molar-refractivity contribution in [3.8, 4) is 5.69 Å². The lowest BCUT2D eigenvalue weighted by Crippen LogP contribution is -2.15.